The summed E-state index contributed by atoms with van der Waals surface area (Å²) in [4.78, 5) is 13.8. The van der Waals surface area contributed by atoms with Crippen molar-refractivity contribution in [1.82, 2.24) is 4.90 Å². The number of halogens is 1. The van der Waals surface area contributed by atoms with Gasteiger partial charge in [-0.3, -0.25) is 4.79 Å². The molecule has 2 atom stereocenters. The van der Waals surface area contributed by atoms with Crippen LogP contribution >= 0.6 is 11.6 Å². The lowest BCUT2D eigenvalue weighted by atomic mass is 10.0. The second-order valence-electron chi connectivity index (χ2n) is 4.58. The van der Waals surface area contributed by atoms with Gasteiger partial charge in [0.25, 0.3) is 0 Å². The third kappa shape index (κ3) is 2.88. The first-order valence-electron chi connectivity index (χ1n) is 5.46. The van der Waals surface area contributed by atoms with E-state index in [1.54, 1.807) is 0 Å². The van der Waals surface area contributed by atoms with Gasteiger partial charge in [0.15, 0.2) is 0 Å². The van der Waals surface area contributed by atoms with E-state index in [2.05, 4.69) is 20.8 Å². The number of rotatable bonds is 2. The van der Waals surface area contributed by atoms with Crippen LogP contribution in [0.4, 0.5) is 0 Å². The zero-order chi connectivity index (χ0) is 10.7. The molecule has 0 saturated carbocycles. The Morgan fingerprint density at radius 3 is 2.79 bits per heavy atom. The Labute approximate surface area is 91.6 Å². The smallest absolute Gasteiger partial charge is 0.223 e. The molecule has 1 rings (SSSR count). The van der Waals surface area contributed by atoms with E-state index in [9.17, 15) is 4.79 Å². The summed E-state index contributed by atoms with van der Waals surface area (Å²) < 4.78 is 0. The van der Waals surface area contributed by atoms with Gasteiger partial charge in [0.2, 0.25) is 5.91 Å². The highest BCUT2D eigenvalue weighted by Gasteiger charge is 2.29. The van der Waals surface area contributed by atoms with E-state index in [1.807, 2.05) is 4.90 Å². The normalized spacial score (nSPS) is 28.2. The summed E-state index contributed by atoms with van der Waals surface area (Å²) in [7, 11) is 0. The number of amides is 1. The molecule has 14 heavy (non-hydrogen) atoms. The summed E-state index contributed by atoms with van der Waals surface area (Å²) in [5.41, 5.74) is 0. The molecule has 1 amide bonds. The number of nitrogens with zero attached hydrogens (tertiary/aromatic N) is 1. The molecule has 0 bridgehead atoms. The molecule has 82 valence electrons. The fraction of sp³-hybridized carbons (Fsp3) is 0.909. The van der Waals surface area contributed by atoms with Gasteiger partial charge in [0.1, 0.15) is 0 Å². The van der Waals surface area contributed by atoms with Crippen LogP contribution in [0.5, 0.6) is 0 Å². The maximum Gasteiger partial charge on any atom is 0.223 e. The minimum atomic E-state index is 0.139. The van der Waals surface area contributed by atoms with Gasteiger partial charge in [-0.05, 0) is 25.7 Å². The van der Waals surface area contributed by atoms with Crippen molar-refractivity contribution in [2.75, 3.05) is 6.54 Å². The lowest BCUT2D eigenvalue weighted by Gasteiger charge is -2.37. The lowest BCUT2D eigenvalue weighted by molar-refractivity contribution is -0.135. The topological polar surface area (TPSA) is 20.3 Å². The SMILES string of the molecule is CC(C)CC(=O)N1CCCC(Cl)C1C. The van der Waals surface area contributed by atoms with E-state index in [1.165, 1.54) is 0 Å². The lowest BCUT2D eigenvalue weighted by Crippen LogP contribution is -2.47. The molecule has 2 nitrogen and oxygen atoms in total. The van der Waals surface area contributed by atoms with Crippen molar-refractivity contribution in [3.05, 3.63) is 0 Å². The van der Waals surface area contributed by atoms with Crippen LogP contribution < -0.4 is 0 Å². The number of piperidine rings is 1. The van der Waals surface area contributed by atoms with Crippen LogP contribution in [0.1, 0.15) is 40.0 Å². The van der Waals surface area contributed by atoms with Crippen LogP contribution in [0.25, 0.3) is 0 Å². The van der Waals surface area contributed by atoms with E-state index in [-0.39, 0.29) is 17.3 Å². The van der Waals surface area contributed by atoms with Crippen molar-refractivity contribution < 1.29 is 4.79 Å². The number of hydrogen-bond donors (Lipinski definition) is 0. The molecule has 0 N–H and O–H groups in total. The van der Waals surface area contributed by atoms with E-state index < -0.39 is 0 Å². The molecule has 1 aliphatic rings. The van der Waals surface area contributed by atoms with E-state index >= 15 is 0 Å². The van der Waals surface area contributed by atoms with Crippen molar-refractivity contribution in [2.24, 2.45) is 5.92 Å². The van der Waals surface area contributed by atoms with E-state index in [0.717, 1.165) is 19.4 Å². The van der Waals surface area contributed by atoms with Gasteiger partial charge in [0.05, 0.1) is 5.38 Å². The maximum absolute atomic E-state index is 11.8. The Balaban J connectivity index is 2.53. The number of carbonyl (C=O) groups excluding carboxylic acids is 1. The molecule has 1 heterocycles. The maximum atomic E-state index is 11.8. The zero-order valence-electron chi connectivity index (χ0n) is 9.29. The molecule has 0 spiro atoms. The number of alkyl halides is 1. The van der Waals surface area contributed by atoms with Crippen LogP contribution in [0.2, 0.25) is 0 Å². The summed E-state index contributed by atoms with van der Waals surface area (Å²) in [5.74, 6) is 0.697. The Morgan fingerprint density at radius 1 is 1.57 bits per heavy atom. The molecule has 2 unspecified atom stereocenters. The zero-order valence-corrected chi connectivity index (χ0v) is 10.0. The number of hydrogen-bond acceptors (Lipinski definition) is 1. The first-order chi connectivity index (χ1) is 6.52. The Bertz CT molecular complexity index is 205. The molecule has 1 fully saturated rings. The minimum Gasteiger partial charge on any atom is -0.339 e. The standard InChI is InChI=1S/C11H20ClNO/c1-8(2)7-11(14)13-6-4-5-10(12)9(13)3/h8-10H,4-7H2,1-3H3. The van der Waals surface area contributed by atoms with Crippen LogP contribution in [-0.4, -0.2) is 28.8 Å². The van der Waals surface area contributed by atoms with Crippen LogP contribution in [-0.2, 0) is 4.79 Å². The average Bonchev–Trinajstić information content (AvgIpc) is 2.08. The molecule has 0 radical (unpaired) electrons. The van der Waals surface area contributed by atoms with Crippen LogP contribution in [0, 0.1) is 5.92 Å². The first kappa shape index (κ1) is 11.8. The summed E-state index contributed by atoms with van der Waals surface area (Å²) in [5, 5.41) is 0.139. The fourth-order valence-corrected chi connectivity index (χ4v) is 2.21. The summed E-state index contributed by atoms with van der Waals surface area (Å²) in [6.07, 6.45) is 2.73. The van der Waals surface area contributed by atoms with E-state index in [4.69, 9.17) is 11.6 Å². The van der Waals surface area contributed by atoms with Crippen molar-refractivity contribution >= 4 is 17.5 Å². The Morgan fingerprint density at radius 2 is 2.21 bits per heavy atom. The van der Waals surface area contributed by atoms with Crippen LogP contribution in [0.3, 0.4) is 0 Å². The summed E-state index contributed by atoms with van der Waals surface area (Å²) >= 11 is 6.15. The molecule has 0 aromatic rings. The van der Waals surface area contributed by atoms with Crippen molar-refractivity contribution in [3.63, 3.8) is 0 Å². The fourth-order valence-electron chi connectivity index (χ4n) is 1.92. The third-order valence-electron chi connectivity index (χ3n) is 2.80. The molecule has 1 aliphatic heterocycles. The number of carbonyl (C=O) groups is 1. The second kappa shape index (κ2) is 5.01. The molecular formula is C11H20ClNO. The predicted octanol–water partition coefficient (Wildman–Crippen LogP) is 2.65. The predicted molar refractivity (Wildman–Crippen MR) is 59.5 cm³/mol. The Hall–Kier alpha value is -0.240. The van der Waals surface area contributed by atoms with Crippen LogP contribution in [0.15, 0.2) is 0 Å². The first-order valence-corrected chi connectivity index (χ1v) is 5.89. The monoisotopic (exact) mass is 217 g/mol. The molecular weight excluding hydrogens is 198 g/mol. The minimum absolute atomic E-state index is 0.139. The van der Waals surface area contributed by atoms with Gasteiger partial charge in [-0.2, -0.15) is 0 Å². The van der Waals surface area contributed by atoms with Gasteiger partial charge in [0, 0.05) is 19.0 Å². The van der Waals surface area contributed by atoms with Crippen molar-refractivity contribution in [2.45, 2.75) is 51.5 Å². The van der Waals surface area contributed by atoms with E-state index in [0.29, 0.717) is 12.3 Å². The second-order valence-corrected chi connectivity index (χ2v) is 5.14. The van der Waals surface area contributed by atoms with Gasteiger partial charge < -0.3 is 4.90 Å². The quantitative estimate of drug-likeness (QED) is 0.652. The van der Waals surface area contributed by atoms with Crippen molar-refractivity contribution in [3.8, 4) is 0 Å². The molecule has 0 aromatic carbocycles. The van der Waals surface area contributed by atoms with Gasteiger partial charge in [-0.15, -0.1) is 11.6 Å². The largest absolute Gasteiger partial charge is 0.339 e. The Kier molecular flexibility index (Phi) is 4.24. The molecule has 0 aromatic heterocycles. The molecule has 3 heteroatoms. The summed E-state index contributed by atoms with van der Waals surface area (Å²) in [6, 6.07) is 0.205. The highest BCUT2D eigenvalue weighted by atomic mass is 35.5. The highest BCUT2D eigenvalue weighted by Crippen LogP contribution is 2.23. The highest BCUT2D eigenvalue weighted by molar-refractivity contribution is 6.21. The third-order valence-corrected chi connectivity index (χ3v) is 3.38. The van der Waals surface area contributed by atoms with Crippen molar-refractivity contribution in [1.29, 1.82) is 0 Å². The molecule has 0 aliphatic carbocycles. The molecule has 1 saturated heterocycles. The average molecular weight is 218 g/mol. The number of likely N-dealkylation sites (tertiary alicyclic amines) is 1. The van der Waals surface area contributed by atoms with Gasteiger partial charge in [-0.25, -0.2) is 0 Å². The van der Waals surface area contributed by atoms with Gasteiger partial charge >= 0.3 is 0 Å². The van der Waals surface area contributed by atoms with Gasteiger partial charge in [-0.1, -0.05) is 13.8 Å². The summed E-state index contributed by atoms with van der Waals surface area (Å²) in [6.45, 7) is 7.08.